The van der Waals surface area contributed by atoms with Crippen LogP contribution in [-0.4, -0.2) is 13.2 Å². The maximum Gasteiger partial charge on any atom is 0.143 e. The molecule has 1 aromatic rings. The van der Waals surface area contributed by atoms with Gasteiger partial charge >= 0.3 is 0 Å². The summed E-state index contributed by atoms with van der Waals surface area (Å²) in [5.74, 6) is 2.38. The third-order valence-electron chi connectivity index (χ3n) is 4.43. The average Bonchev–Trinajstić information content (AvgIpc) is 2.48. The summed E-state index contributed by atoms with van der Waals surface area (Å²) >= 11 is 0. The minimum Gasteiger partial charge on any atom is -0.495 e. The van der Waals surface area contributed by atoms with Gasteiger partial charge in [-0.25, -0.2) is 0 Å². The highest BCUT2D eigenvalue weighted by Gasteiger charge is 2.24. The van der Waals surface area contributed by atoms with Crippen molar-refractivity contribution in [2.75, 3.05) is 12.4 Å². The Kier molecular flexibility index (Phi) is 4.89. The Morgan fingerprint density at radius 1 is 1.25 bits per heavy atom. The second kappa shape index (κ2) is 6.65. The standard InChI is InChI=1S/C17H24N2O/c1-12(2)13-7-9-15(10-8-13)19-17-14(11-18)5-4-6-16(17)20-3/h4-6,12-13,15,19H,7-10H2,1-3H3. The van der Waals surface area contributed by atoms with Crippen molar-refractivity contribution in [1.82, 2.24) is 0 Å². The molecule has 2 rings (SSSR count). The molecule has 1 saturated carbocycles. The summed E-state index contributed by atoms with van der Waals surface area (Å²) in [6.07, 6.45) is 4.89. The Hall–Kier alpha value is -1.69. The molecule has 1 N–H and O–H groups in total. The molecule has 0 aromatic heterocycles. The van der Waals surface area contributed by atoms with Gasteiger partial charge in [0.1, 0.15) is 11.8 Å². The zero-order valence-corrected chi connectivity index (χ0v) is 12.6. The van der Waals surface area contributed by atoms with Crippen LogP contribution < -0.4 is 10.1 Å². The van der Waals surface area contributed by atoms with Crippen LogP contribution in [0.15, 0.2) is 18.2 Å². The van der Waals surface area contributed by atoms with Gasteiger partial charge in [-0.3, -0.25) is 0 Å². The largest absolute Gasteiger partial charge is 0.495 e. The second-order valence-corrected chi connectivity index (χ2v) is 5.99. The Morgan fingerprint density at radius 2 is 1.95 bits per heavy atom. The molecule has 1 aliphatic rings. The Labute approximate surface area is 121 Å². The molecule has 3 heteroatoms. The van der Waals surface area contributed by atoms with Crippen LogP contribution in [0.5, 0.6) is 5.75 Å². The predicted octanol–water partition coefficient (Wildman–Crippen LogP) is 4.19. The van der Waals surface area contributed by atoms with E-state index >= 15 is 0 Å². The Bertz CT molecular complexity index is 482. The van der Waals surface area contributed by atoms with Gasteiger partial charge in [0, 0.05) is 6.04 Å². The van der Waals surface area contributed by atoms with E-state index in [9.17, 15) is 5.26 Å². The highest BCUT2D eigenvalue weighted by atomic mass is 16.5. The molecule has 0 unspecified atom stereocenters. The maximum absolute atomic E-state index is 9.24. The van der Waals surface area contributed by atoms with E-state index in [2.05, 4.69) is 25.2 Å². The number of nitriles is 1. The normalized spacial score (nSPS) is 22.4. The number of hydrogen-bond acceptors (Lipinski definition) is 3. The van der Waals surface area contributed by atoms with Crippen LogP contribution in [0.1, 0.15) is 45.1 Å². The van der Waals surface area contributed by atoms with Gasteiger partial charge < -0.3 is 10.1 Å². The lowest BCUT2D eigenvalue weighted by Crippen LogP contribution is -2.28. The summed E-state index contributed by atoms with van der Waals surface area (Å²) < 4.78 is 5.38. The predicted molar refractivity (Wildman–Crippen MR) is 81.9 cm³/mol. The summed E-state index contributed by atoms with van der Waals surface area (Å²) in [6.45, 7) is 4.62. The Morgan fingerprint density at radius 3 is 2.50 bits per heavy atom. The molecule has 1 aromatic carbocycles. The third kappa shape index (κ3) is 3.25. The number of anilines is 1. The molecule has 0 saturated heterocycles. The maximum atomic E-state index is 9.24. The number of nitrogens with zero attached hydrogens (tertiary/aromatic N) is 1. The van der Waals surface area contributed by atoms with Gasteiger partial charge in [-0.2, -0.15) is 5.26 Å². The minimum absolute atomic E-state index is 0.452. The highest BCUT2D eigenvalue weighted by molar-refractivity contribution is 5.66. The first-order valence-electron chi connectivity index (χ1n) is 7.49. The molecule has 0 spiro atoms. The van der Waals surface area contributed by atoms with Gasteiger partial charge in [0.05, 0.1) is 18.4 Å². The molecule has 108 valence electrons. The fraction of sp³-hybridized carbons (Fsp3) is 0.588. The molecule has 1 aliphatic carbocycles. The molecule has 0 atom stereocenters. The molecule has 3 nitrogen and oxygen atoms in total. The van der Waals surface area contributed by atoms with E-state index in [1.165, 1.54) is 25.7 Å². The van der Waals surface area contributed by atoms with Crippen molar-refractivity contribution < 1.29 is 4.74 Å². The van der Waals surface area contributed by atoms with Crippen LogP contribution >= 0.6 is 0 Å². The van der Waals surface area contributed by atoms with E-state index in [1.807, 2.05) is 18.2 Å². The summed E-state index contributed by atoms with van der Waals surface area (Å²) in [5, 5.41) is 12.8. The molecule has 0 amide bonds. The van der Waals surface area contributed by atoms with Crippen LogP contribution in [0.2, 0.25) is 0 Å². The van der Waals surface area contributed by atoms with Gasteiger partial charge in [0.2, 0.25) is 0 Å². The van der Waals surface area contributed by atoms with Crippen molar-refractivity contribution in [3.63, 3.8) is 0 Å². The number of methoxy groups -OCH3 is 1. The molecular weight excluding hydrogens is 248 g/mol. The second-order valence-electron chi connectivity index (χ2n) is 5.99. The topological polar surface area (TPSA) is 45.0 Å². The SMILES string of the molecule is COc1cccc(C#N)c1NC1CCC(C(C)C)CC1. The van der Waals surface area contributed by atoms with E-state index in [0.717, 1.165) is 23.3 Å². The van der Waals surface area contributed by atoms with E-state index in [-0.39, 0.29) is 0 Å². The highest BCUT2D eigenvalue weighted by Crippen LogP contribution is 2.34. The fourth-order valence-corrected chi connectivity index (χ4v) is 3.08. The van der Waals surface area contributed by atoms with Crippen LogP contribution in [0.4, 0.5) is 5.69 Å². The molecule has 0 aliphatic heterocycles. The van der Waals surface area contributed by atoms with Crippen LogP contribution in [0.3, 0.4) is 0 Å². The number of rotatable bonds is 4. The number of nitrogens with one attached hydrogen (secondary N) is 1. The first-order valence-corrected chi connectivity index (χ1v) is 7.49. The average molecular weight is 272 g/mol. The zero-order chi connectivity index (χ0) is 14.5. The van der Waals surface area contributed by atoms with Crippen molar-refractivity contribution in [2.24, 2.45) is 11.8 Å². The van der Waals surface area contributed by atoms with Crippen molar-refractivity contribution in [3.8, 4) is 11.8 Å². The molecule has 20 heavy (non-hydrogen) atoms. The Balaban J connectivity index is 2.06. The molecular formula is C17H24N2O. The lowest BCUT2D eigenvalue weighted by atomic mass is 9.79. The smallest absolute Gasteiger partial charge is 0.143 e. The van der Waals surface area contributed by atoms with Crippen molar-refractivity contribution in [2.45, 2.75) is 45.6 Å². The van der Waals surface area contributed by atoms with Crippen molar-refractivity contribution in [3.05, 3.63) is 23.8 Å². The van der Waals surface area contributed by atoms with E-state index in [1.54, 1.807) is 7.11 Å². The van der Waals surface area contributed by atoms with Gasteiger partial charge in [-0.1, -0.05) is 19.9 Å². The fourth-order valence-electron chi connectivity index (χ4n) is 3.08. The first-order chi connectivity index (χ1) is 9.65. The number of benzene rings is 1. The number of para-hydroxylation sites is 1. The lowest BCUT2D eigenvalue weighted by Gasteiger charge is -2.32. The van der Waals surface area contributed by atoms with E-state index < -0.39 is 0 Å². The van der Waals surface area contributed by atoms with E-state index in [0.29, 0.717) is 11.6 Å². The van der Waals surface area contributed by atoms with Gasteiger partial charge in [-0.05, 0) is 49.7 Å². The van der Waals surface area contributed by atoms with Crippen molar-refractivity contribution >= 4 is 5.69 Å². The molecule has 0 heterocycles. The van der Waals surface area contributed by atoms with Crippen LogP contribution in [0, 0.1) is 23.2 Å². The molecule has 0 radical (unpaired) electrons. The quantitative estimate of drug-likeness (QED) is 0.893. The lowest BCUT2D eigenvalue weighted by molar-refractivity contribution is 0.266. The monoisotopic (exact) mass is 272 g/mol. The summed E-state index contributed by atoms with van der Waals surface area (Å²) in [5.41, 5.74) is 1.51. The van der Waals surface area contributed by atoms with Crippen LogP contribution in [0.25, 0.3) is 0 Å². The third-order valence-corrected chi connectivity index (χ3v) is 4.43. The summed E-state index contributed by atoms with van der Waals surface area (Å²) in [7, 11) is 1.65. The zero-order valence-electron chi connectivity index (χ0n) is 12.6. The van der Waals surface area contributed by atoms with Gasteiger partial charge in [-0.15, -0.1) is 0 Å². The van der Waals surface area contributed by atoms with Crippen molar-refractivity contribution in [1.29, 1.82) is 5.26 Å². The molecule has 0 bridgehead atoms. The minimum atomic E-state index is 0.452. The van der Waals surface area contributed by atoms with Gasteiger partial charge in [0.15, 0.2) is 0 Å². The first kappa shape index (κ1) is 14.7. The van der Waals surface area contributed by atoms with Crippen LogP contribution in [-0.2, 0) is 0 Å². The van der Waals surface area contributed by atoms with Gasteiger partial charge in [0.25, 0.3) is 0 Å². The number of ether oxygens (including phenoxy) is 1. The summed E-state index contributed by atoms with van der Waals surface area (Å²) in [6, 6.07) is 8.30. The molecule has 1 fully saturated rings. The number of hydrogen-bond donors (Lipinski definition) is 1. The summed E-state index contributed by atoms with van der Waals surface area (Å²) in [4.78, 5) is 0. The van der Waals surface area contributed by atoms with E-state index in [4.69, 9.17) is 4.74 Å².